The van der Waals surface area contributed by atoms with Crippen molar-refractivity contribution < 1.29 is 14.3 Å². The van der Waals surface area contributed by atoms with Gasteiger partial charge in [0.15, 0.2) is 11.7 Å². The van der Waals surface area contributed by atoms with Gasteiger partial charge in [0.2, 0.25) is 5.78 Å². The fourth-order valence-corrected chi connectivity index (χ4v) is 3.50. The number of hydrogen-bond acceptors (Lipinski definition) is 6. The van der Waals surface area contributed by atoms with Crippen LogP contribution in [-0.4, -0.2) is 27.9 Å². The Balaban J connectivity index is 1.73. The highest BCUT2D eigenvalue weighted by molar-refractivity contribution is 7.12. The Morgan fingerprint density at radius 2 is 2.08 bits per heavy atom. The molecule has 6 nitrogen and oxygen atoms in total. The lowest BCUT2D eigenvalue weighted by Crippen LogP contribution is -2.15. The van der Waals surface area contributed by atoms with Crippen molar-refractivity contribution in [2.75, 3.05) is 12.3 Å². The third-order valence-electron chi connectivity index (χ3n) is 3.91. The topological polar surface area (TPSA) is 87.2 Å². The summed E-state index contributed by atoms with van der Waals surface area (Å²) in [6, 6.07) is 6.20. The Kier molecular flexibility index (Phi) is 5.11. The number of carbonyl (C=O) groups excluding carboxylic acids is 2. The summed E-state index contributed by atoms with van der Waals surface area (Å²) >= 11 is 7.31. The number of halogens is 1. The summed E-state index contributed by atoms with van der Waals surface area (Å²) in [4.78, 5) is 28.9. The van der Waals surface area contributed by atoms with Crippen LogP contribution < -0.4 is 5.73 Å². The number of benzene rings is 1. The number of nitrogen functional groups attached to an aromatic ring is 1. The zero-order valence-electron chi connectivity index (χ0n) is 14.2. The number of aryl methyl sites for hydroxylation is 1. The third-order valence-corrected chi connectivity index (χ3v) is 5.01. The molecule has 0 radical (unpaired) electrons. The van der Waals surface area contributed by atoms with Crippen LogP contribution in [0.3, 0.4) is 0 Å². The SMILES string of the molecule is Cc1cc(C(=O)COC(=O)c2ccc(Cl)c(N)c2)c(C)n1-c1nccs1. The summed E-state index contributed by atoms with van der Waals surface area (Å²) in [6.07, 6.45) is 1.71. The maximum Gasteiger partial charge on any atom is 0.338 e. The lowest BCUT2D eigenvalue weighted by molar-refractivity contribution is 0.0474. The van der Waals surface area contributed by atoms with E-state index in [0.29, 0.717) is 10.6 Å². The van der Waals surface area contributed by atoms with E-state index in [1.165, 1.54) is 29.5 Å². The van der Waals surface area contributed by atoms with Crippen molar-refractivity contribution in [1.29, 1.82) is 0 Å². The van der Waals surface area contributed by atoms with Gasteiger partial charge < -0.3 is 10.5 Å². The van der Waals surface area contributed by atoms with E-state index < -0.39 is 5.97 Å². The van der Waals surface area contributed by atoms with E-state index in [2.05, 4.69) is 4.98 Å². The van der Waals surface area contributed by atoms with Gasteiger partial charge in [0.25, 0.3) is 0 Å². The van der Waals surface area contributed by atoms with Crippen LogP contribution in [0.4, 0.5) is 5.69 Å². The zero-order chi connectivity index (χ0) is 18.8. The molecule has 0 saturated heterocycles. The minimum absolute atomic E-state index is 0.243. The molecule has 0 aliphatic rings. The molecule has 2 heterocycles. The van der Waals surface area contributed by atoms with Crippen molar-refractivity contribution in [2.45, 2.75) is 13.8 Å². The average Bonchev–Trinajstić information content (AvgIpc) is 3.22. The number of aromatic nitrogens is 2. The first-order valence-electron chi connectivity index (χ1n) is 7.72. The first-order valence-corrected chi connectivity index (χ1v) is 8.98. The van der Waals surface area contributed by atoms with Crippen LogP contribution in [0.1, 0.15) is 32.1 Å². The highest BCUT2D eigenvalue weighted by Gasteiger charge is 2.19. The van der Waals surface area contributed by atoms with Gasteiger partial charge in [0.1, 0.15) is 0 Å². The van der Waals surface area contributed by atoms with Crippen molar-refractivity contribution in [1.82, 2.24) is 9.55 Å². The van der Waals surface area contributed by atoms with E-state index in [0.717, 1.165) is 16.5 Å². The Morgan fingerprint density at radius 3 is 2.73 bits per heavy atom. The molecule has 1 aromatic carbocycles. The molecule has 2 aromatic heterocycles. The Hall–Kier alpha value is -2.64. The normalized spacial score (nSPS) is 10.7. The molecule has 0 aliphatic carbocycles. The van der Waals surface area contributed by atoms with Crippen LogP contribution in [0, 0.1) is 13.8 Å². The number of nitrogens with two attached hydrogens (primary N) is 1. The van der Waals surface area contributed by atoms with Gasteiger partial charge in [-0.25, -0.2) is 9.78 Å². The summed E-state index contributed by atoms with van der Waals surface area (Å²) in [5, 5.41) is 3.01. The number of ketones is 1. The fraction of sp³-hybridized carbons (Fsp3) is 0.167. The van der Waals surface area contributed by atoms with Gasteiger partial charge in [-0.05, 0) is 38.1 Å². The maximum absolute atomic E-state index is 12.5. The quantitative estimate of drug-likeness (QED) is 0.407. The van der Waals surface area contributed by atoms with Crippen molar-refractivity contribution in [2.24, 2.45) is 0 Å². The van der Waals surface area contributed by atoms with Crippen molar-refractivity contribution in [3.05, 3.63) is 63.4 Å². The van der Waals surface area contributed by atoms with E-state index in [9.17, 15) is 9.59 Å². The molecule has 0 bridgehead atoms. The molecular formula is C18H16ClN3O3S. The molecule has 0 atom stereocenters. The molecule has 3 aromatic rings. The number of hydrogen-bond donors (Lipinski definition) is 1. The van der Waals surface area contributed by atoms with Crippen LogP contribution in [0.5, 0.6) is 0 Å². The summed E-state index contributed by atoms with van der Waals surface area (Å²) < 4.78 is 7.03. The van der Waals surface area contributed by atoms with Gasteiger partial charge >= 0.3 is 5.97 Å². The molecular weight excluding hydrogens is 374 g/mol. The average molecular weight is 390 g/mol. The van der Waals surface area contributed by atoms with E-state index in [4.69, 9.17) is 22.1 Å². The van der Waals surface area contributed by atoms with Crippen molar-refractivity contribution in [3.8, 4) is 5.13 Å². The van der Waals surface area contributed by atoms with Crippen LogP contribution in [0.25, 0.3) is 5.13 Å². The van der Waals surface area contributed by atoms with Gasteiger partial charge in [0, 0.05) is 28.5 Å². The predicted molar refractivity (Wildman–Crippen MR) is 101 cm³/mol. The number of rotatable bonds is 5. The Bertz CT molecular complexity index is 980. The second kappa shape index (κ2) is 7.31. The zero-order valence-corrected chi connectivity index (χ0v) is 15.7. The van der Waals surface area contributed by atoms with Crippen LogP contribution >= 0.6 is 22.9 Å². The lowest BCUT2D eigenvalue weighted by Gasteiger charge is -2.07. The van der Waals surface area contributed by atoms with E-state index in [-0.39, 0.29) is 23.6 Å². The largest absolute Gasteiger partial charge is 0.454 e. The van der Waals surface area contributed by atoms with Gasteiger partial charge in [-0.1, -0.05) is 11.6 Å². The molecule has 0 saturated carbocycles. The smallest absolute Gasteiger partial charge is 0.338 e. The summed E-state index contributed by atoms with van der Waals surface area (Å²) in [5.41, 5.74) is 8.34. The monoisotopic (exact) mass is 389 g/mol. The molecule has 26 heavy (non-hydrogen) atoms. The number of nitrogens with zero attached hydrogens (tertiary/aromatic N) is 2. The molecule has 3 rings (SSSR count). The van der Waals surface area contributed by atoms with Crippen molar-refractivity contribution in [3.63, 3.8) is 0 Å². The van der Waals surface area contributed by atoms with Gasteiger partial charge in [-0.3, -0.25) is 9.36 Å². The van der Waals surface area contributed by atoms with Gasteiger partial charge in [0.05, 0.1) is 16.3 Å². The van der Waals surface area contributed by atoms with Crippen LogP contribution in [0.2, 0.25) is 5.02 Å². The first-order chi connectivity index (χ1) is 12.4. The third kappa shape index (κ3) is 3.49. The molecule has 0 aliphatic heterocycles. The van der Waals surface area contributed by atoms with E-state index in [1.54, 1.807) is 12.3 Å². The maximum atomic E-state index is 12.5. The van der Waals surface area contributed by atoms with Crippen molar-refractivity contribution >= 4 is 40.4 Å². The van der Waals surface area contributed by atoms with E-state index in [1.807, 2.05) is 23.8 Å². The van der Waals surface area contributed by atoms with Gasteiger partial charge in [-0.15, -0.1) is 11.3 Å². The number of anilines is 1. The molecule has 0 amide bonds. The minimum Gasteiger partial charge on any atom is -0.454 e. The number of carbonyl (C=O) groups is 2. The van der Waals surface area contributed by atoms with E-state index >= 15 is 0 Å². The summed E-state index contributed by atoms with van der Waals surface area (Å²) in [6.45, 7) is 3.38. The Labute approximate surface area is 159 Å². The van der Waals surface area contributed by atoms with Crippen LogP contribution in [-0.2, 0) is 4.74 Å². The highest BCUT2D eigenvalue weighted by atomic mass is 35.5. The minimum atomic E-state index is -0.629. The lowest BCUT2D eigenvalue weighted by atomic mass is 10.1. The predicted octanol–water partition coefficient (Wildman–Crippen LogP) is 3.83. The number of esters is 1. The molecule has 0 spiro atoms. The summed E-state index contributed by atoms with van der Waals surface area (Å²) in [7, 11) is 0. The van der Waals surface area contributed by atoms with Crippen LogP contribution in [0.15, 0.2) is 35.8 Å². The first kappa shape index (κ1) is 18.2. The number of Topliss-reactive ketones (excluding diaryl/α,β-unsaturated/α-hetero) is 1. The number of thiazole rings is 1. The summed E-state index contributed by atoms with van der Waals surface area (Å²) in [5.74, 6) is -0.911. The molecule has 2 N–H and O–H groups in total. The molecule has 0 fully saturated rings. The second-order valence-corrected chi connectivity index (χ2v) is 6.95. The fourth-order valence-electron chi connectivity index (χ4n) is 2.63. The highest BCUT2D eigenvalue weighted by Crippen LogP contribution is 2.23. The second-order valence-electron chi connectivity index (χ2n) is 5.67. The Morgan fingerprint density at radius 1 is 1.31 bits per heavy atom. The molecule has 8 heteroatoms. The molecule has 0 unspecified atom stereocenters. The molecule has 134 valence electrons. The number of ether oxygens (including phenoxy) is 1. The standard InChI is InChI=1S/C18H16ClN3O3S/c1-10-7-13(11(2)22(10)18-21-5-6-26-18)16(23)9-25-17(24)12-3-4-14(19)15(20)8-12/h3-8H,9,20H2,1-2H3. The van der Waals surface area contributed by atoms with Gasteiger partial charge in [-0.2, -0.15) is 0 Å².